The summed E-state index contributed by atoms with van der Waals surface area (Å²) < 4.78 is 103. The molecule has 0 saturated carbocycles. The fourth-order valence-electron chi connectivity index (χ4n) is 3.23. The molecular formula is C21H15F6NO3S. The van der Waals surface area contributed by atoms with Crippen molar-refractivity contribution in [3.05, 3.63) is 71.4 Å². The summed E-state index contributed by atoms with van der Waals surface area (Å²) in [5, 5.41) is 0. The lowest BCUT2D eigenvalue weighted by atomic mass is 10.1. The van der Waals surface area contributed by atoms with Gasteiger partial charge in [0.1, 0.15) is 0 Å². The summed E-state index contributed by atoms with van der Waals surface area (Å²) in [6.45, 7) is 1.19. The quantitative estimate of drug-likeness (QED) is 0.364. The predicted octanol–water partition coefficient (Wildman–Crippen LogP) is 5.62. The van der Waals surface area contributed by atoms with Gasteiger partial charge in [-0.25, -0.2) is 8.42 Å². The van der Waals surface area contributed by atoms with Crippen molar-refractivity contribution in [2.75, 3.05) is 6.26 Å². The standard InChI is InChI=1S/C21H15F6NO3S/c1-12-17(19(29)21(25,26)27)11-18(13-6-8-16(9-7-13)32(2,30)31)28(12)15-5-3-4-14(10-15)20(22,23)24/h3-11H,1-2H3. The van der Waals surface area contributed by atoms with Gasteiger partial charge in [-0.1, -0.05) is 18.2 Å². The highest BCUT2D eigenvalue weighted by molar-refractivity contribution is 7.90. The monoisotopic (exact) mass is 475 g/mol. The zero-order valence-electron chi connectivity index (χ0n) is 16.5. The average molecular weight is 475 g/mol. The van der Waals surface area contributed by atoms with E-state index in [2.05, 4.69) is 0 Å². The van der Waals surface area contributed by atoms with Gasteiger partial charge in [-0.3, -0.25) is 4.79 Å². The number of Topliss-reactive ketones (excluding diaryl/α,β-unsaturated/α-hetero) is 1. The summed E-state index contributed by atoms with van der Waals surface area (Å²) in [5.41, 5.74) is -1.87. The van der Waals surface area contributed by atoms with Gasteiger partial charge in [-0.2, -0.15) is 26.3 Å². The van der Waals surface area contributed by atoms with Gasteiger partial charge in [0.2, 0.25) is 0 Å². The van der Waals surface area contributed by atoms with Crippen LogP contribution in [0.5, 0.6) is 0 Å². The van der Waals surface area contributed by atoms with Crippen LogP contribution in [0.4, 0.5) is 26.3 Å². The zero-order chi connectivity index (χ0) is 24.1. The van der Waals surface area contributed by atoms with Crippen LogP contribution >= 0.6 is 0 Å². The highest BCUT2D eigenvalue weighted by Crippen LogP contribution is 2.36. The van der Waals surface area contributed by atoms with Crippen LogP contribution in [0.3, 0.4) is 0 Å². The van der Waals surface area contributed by atoms with Crippen molar-refractivity contribution >= 4 is 15.6 Å². The first-order chi connectivity index (χ1) is 14.6. The molecule has 1 aromatic heterocycles. The Labute approximate surface area is 179 Å². The van der Waals surface area contributed by atoms with Gasteiger partial charge in [-0.05, 0) is 48.9 Å². The molecule has 0 saturated heterocycles. The van der Waals surface area contributed by atoms with Gasteiger partial charge in [0, 0.05) is 23.2 Å². The first kappa shape index (κ1) is 23.6. The predicted molar refractivity (Wildman–Crippen MR) is 104 cm³/mol. The summed E-state index contributed by atoms with van der Waals surface area (Å²) in [6, 6.07) is 9.89. The van der Waals surface area contributed by atoms with E-state index in [1.807, 2.05) is 0 Å². The minimum absolute atomic E-state index is 0.00512. The number of hydrogen-bond donors (Lipinski definition) is 0. The Bertz CT molecular complexity index is 1290. The summed E-state index contributed by atoms with van der Waals surface area (Å²) >= 11 is 0. The summed E-state index contributed by atoms with van der Waals surface area (Å²) in [5.74, 6) is -2.14. The van der Waals surface area contributed by atoms with E-state index in [-0.39, 0.29) is 27.5 Å². The van der Waals surface area contributed by atoms with Crippen LogP contribution in [0.1, 0.15) is 21.6 Å². The normalized spacial score (nSPS) is 12.8. The Morgan fingerprint density at radius 3 is 2.00 bits per heavy atom. The van der Waals surface area contributed by atoms with E-state index in [1.165, 1.54) is 37.3 Å². The molecule has 0 N–H and O–H groups in total. The van der Waals surface area contributed by atoms with E-state index in [1.54, 1.807) is 0 Å². The highest BCUT2D eigenvalue weighted by Gasteiger charge is 2.41. The SMILES string of the molecule is Cc1c(C(=O)C(F)(F)F)cc(-c2ccc(S(C)(=O)=O)cc2)n1-c1cccc(C(F)(F)F)c1. The van der Waals surface area contributed by atoms with E-state index < -0.39 is 39.1 Å². The Balaban J connectivity index is 2.29. The maximum absolute atomic E-state index is 13.2. The molecule has 4 nitrogen and oxygen atoms in total. The molecule has 0 atom stereocenters. The summed E-state index contributed by atoms with van der Waals surface area (Å²) in [7, 11) is -3.56. The number of benzene rings is 2. The third-order valence-electron chi connectivity index (χ3n) is 4.76. The molecule has 170 valence electrons. The van der Waals surface area contributed by atoms with E-state index in [0.29, 0.717) is 0 Å². The Morgan fingerprint density at radius 2 is 1.50 bits per heavy atom. The number of sulfone groups is 1. The third-order valence-corrected chi connectivity index (χ3v) is 5.89. The third kappa shape index (κ3) is 4.57. The van der Waals surface area contributed by atoms with Crippen LogP contribution in [-0.4, -0.2) is 31.2 Å². The van der Waals surface area contributed by atoms with Crippen molar-refractivity contribution < 1.29 is 39.6 Å². The maximum Gasteiger partial charge on any atom is 0.454 e. The number of carbonyl (C=O) groups excluding carboxylic acids is 1. The number of aromatic nitrogens is 1. The van der Waals surface area contributed by atoms with Crippen LogP contribution in [0.15, 0.2) is 59.5 Å². The molecule has 0 bridgehead atoms. The molecule has 32 heavy (non-hydrogen) atoms. The lowest BCUT2D eigenvalue weighted by Crippen LogP contribution is -2.23. The Kier molecular flexibility index (Phi) is 5.75. The molecule has 3 aromatic rings. The summed E-state index contributed by atoms with van der Waals surface area (Å²) in [4.78, 5) is 11.9. The molecule has 0 amide bonds. The number of alkyl halides is 6. The first-order valence-corrected chi connectivity index (χ1v) is 10.8. The maximum atomic E-state index is 13.2. The Morgan fingerprint density at radius 1 is 0.906 bits per heavy atom. The van der Waals surface area contributed by atoms with Gasteiger partial charge < -0.3 is 4.57 Å². The Hall–Kier alpha value is -3.08. The molecule has 11 heteroatoms. The van der Waals surface area contributed by atoms with Gasteiger partial charge in [0.25, 0.3) is 5.78 Å². The molecule has 3 rings (SSSR count). The minimum Gasteiger partial charge on any atom is -0.313 e. The fraction of sp³-hybridized carbons (Fsp3) is 0.190. The molecule has 0 spiro atoms. The van der Waals surface area contributed by atoms with Gasteiger partial charge in [0.05, 0.1) is 16.2 Å². The number of hydrogen-bond acceptors (Lipinski definition) is 3. The number of nitrogens with zero attached hydrogens (tertiary/aromatic N) is 1. The minimum atomic E-state index is -5.19. The van der Waals surface area contributed by atoms with Crippen molar-refractivity contribution in [2.24, 2.45) is 0 Å². The van der Waals surface area contributed by atoms with E-state index in [4.69, 9.17) is 0 Å². The van der Waals surface area contributed by atoms with Crippen LogP contribution < -0.4 is 0 Å². The topological polar surface area (TPSA) is 56.1 Å². The lowest BCUT2D eigenvalue weighted by molar-refractivity contribution is -0.137. The molecule has 0 radical (unpaired) electrons. The van der Waals surface area contributed by atoms with E-state index in [0.717, 1.165) is 35.1 Å². The molecule has 0 fully saturated rings. The smallest absolute Gasteiger partial charge is 0.313 e. The molecule has 1 heterocycles. The van der Waals surface area contributed by atoms with Crippen LogP contribution in [-0.2, 0) is 16.0 Å². The molecular weight excluding hydrogens is 460 g/mol. The van der Waals surface area contributed by atoms with Crippen molar-refractivity contribution in [3.8, 4) is 16.9 Å². The van der Waals surface area contributed by atoms with Crippen molar-refractivity contribution in [2.45, 2.75) is 24.2 Å². The van der Waals surface area contributed by atoms with E-state index >= 15 is 0 Å². The van der Waals surface area contributed by atoms with E-state index in [9.17, 15) is 39.6 Å². The molecule has 0 aliphatic rings. The lowest BCUT2D eigenvalue weighted by Gasteiger charge is -2.15. The van der Waals surface area contributed by atoms with Crippen LogP contribution in [0, 0.1) is 6.92 Å². The number of carbonyl (C=O) groups is 1. The van der Waals surface area contributed by atoms with Gasteiger partial charge in [0.15, 0.2) is 9.84 Å². The summed E-state index contributed by atoms with van der Waals surface area (Å²) in [6.07, 6.45) is -8.92. The zero-order valence-corrected chi connectivity index (χ0v) is 17.4. The molecule has 0 unspecified atom stereocenters. The highest BCUT2D eigenvalue weighted by atomic mass is 32.2. The van der Waals surface area contributed by atoms with Gasteiger partial charge in [-0.15, -0.1) is 0 Å². The molecule has 0 aliphatic carbocycles. The van der Waals surface area contributed by atoms with Gasteiger partial charge >= 0.3 is 12.4 Å². The number of halogens is 6. The second-order valence-electron chi connectivity index (χ2n) is 7.04. The van der Waals surface area contributed by atoms with Crippen molar-refractivity contribution in [1.29, 1.82) is 0 Å². The molecule has 2 aromatic carbocycles. The average Bonchev–Trinajstić information content (AvgIpc) is 3.02. The fourth-order valence-corrected chi connectivity index (χ4v) is 3.86. The second kappa shape index (κ2) is 7.80. The molecule has 0 aliphatic heterocycles. The van der Waals surface area contributed by atoms with Crippen LogP contribution in [0.25, 0.3) is 16.9 Å². The van der Waals surface area contributed by atoms with Crippen molar-refractivity contribution in [3.63, 3.8) is 0 Å². The van der Waals surface area contributed by atoms with Crippen LogP contribution in [0.2, 0.25) is 0 Å². The first-order valence-electron chi connectivity index (χ1n) is 8.92. The number of ketones is 1. The van der Waals surface area contributed by atoms with Crippen molar-refractivity contribution in [1.82, 2.24) is 4.57 Å². The second-order valence-corrected chi connectivity index (χ2v) is 9.05. The number of rotatable bonds is 4. The largest absolute Gasteiger partial charge is 0.454 e.